The van der Waals surface area contributed by atoms with Crippen molar-refractivity contribution in [2.24, 2.45) is 0 Å². The maximum Gasteiger partial charge on any atom is 0.396 e. The molecule has 15 heavy (non-hydrogen) atoms. The molecule has 0 amide bonds. The molecule has 1 aliphatic heterocycles. The normalized spacial score (nSPS) is 22.6. The van der Waals surface area contributed by atoms with E-state index in [2.05, 4.69) is 0 Å². The van der Waals surface area contributed by atoms with E-state index in [0.29, 0.717) is 0 Å². The molecule has 0 N–H and O–H groups in total. The van der Waals surface area contributed by atoms with Gasteiger partial charge in [-0.25, -0.2) is 0 Å². The molecular weight excluding hydrogens is 240 g/mol. The Kier molecular flexibility index (Phi) is 6.06. The third-order valence-electron chi connectivity index (χ3n) is 1.51. The molecule has 1 saturated heterocycles. The molecule has 3 radical (unpaired) electrons. The van der Waals surface area contributed by atoms with Gasteiger partial charge in [0.15, 0.2) is 0 Å². The standard InChI is InChI=1S/C9H15O3Si3/c1-4-7-13-10-14(8-5-2)12-15(11-13)9-6-3/h4-9H,1-3H3. The van der Waals surface area contributed by atoms with E-state index in [-0.39, 0.29) is 0 Å². The summed E-state index contributed by atoms with van der Waals surface area (Å²) in [7, 11) is -3.77. The van der Waals surface area contributed by atoms with Crippen molar-refractivity contribution in [1.29, 1.82) is 0 Å². The van der Waals surface area contributed by atoms with Gasteiger partial charge in [-0.1, -0.05) is 18.2 Å². The van der Waals surface area contributed by atoms with Gasteiger partial charge in [0.2, 0.25) is 0 Å². The van der Waals surface area contributed by atoms with Crippen LogP contribution in [0.15, 0.2) is 35.3 Å². The maximum atomic E-state index is 5.72. The van der Waals surface area contributed by atoms with Gasteiger partial charge in [0.1, 0.15) is 0 Å². The Morgan fingerprint density at radius 1 is 0.600 bits per heavy atom. The van der Waals surface area contributed by atoms with Crippen molar-refractivity contribution in [2.75, 3.05) is 0 Å². The number of hydrogen-bond donors (Lipinski definition) is 0. The minimum Gasteiger partial charge on any atom is -0.407 e. The highest BCUT2D eigenvalue weighted by Crippen LogP contribution is 2.10. The van der Waals surface area contributed by atoms with Crippen molar-refractivity contribution in [2.45, 2.75) is 20.8 Å². The van der Waals surface area contributed by atoms with E-state index >= 15 is 0 Å². The molecule has 0 unspecified atom stereocenters. The number of hydrogen-bond acceptors (Lipinski definition) is 3. The van der Waals surface area contributed by atoms with Gasteiger partial charge < -0.3 is 12.3 Å². The lowest BCUT2D eigenvalue weighted by atomic mass is 10.8. The molecule has 0 atom stereocenters. The van der Waals surface area contributed by atoms with Crippen LogP contribution in [0.1, 0.15) is 20.8 Å². The van der Waals surface area contributed by atoms with Crippen molar-refractivity contribution < 1.29 is 12.3 Å². The molecule has 1 aliphatic rings. The molecule has 0 aromatic heterocycles. The summed E-state index contributed by atoms with van der Waals surface area (Å²) in [6, 6.07) is 0. The van der Waals surface area contributed by atoms with Crippen LogP contribution in [0.25, 0.3) is 0 Å². The van der Waals surface area contributed by atoms with Crippen molar-refractivity contribution in [3.63, 3.8) is 0 Å². The largest absolute Gasteiger partial charge is 0.407 e. The zero-order valence-electron chi connectivity index (χ0n) is 9.19. The van der Waals surface area contributed by atoms with E-state index in [1.54, 1.807) is 0 Å². The summed E-state index contributed by atoms with van der Waals surface area (Å²) in [6.07, 6.45) is 5.93. The third-order valence-corrected chi connectivity index (χ3v) is 8.16. The van der Waals surface area contributed by atoms with Gasteiger partial charge in [-0.2, -0.15) is 0 Å². The smallest absolute Gasteiger partial charge is 0.396 e. The first-order chi connectivity index (χ1) is 7.30. The van der Waals surface area contributed by atoms with Crippen molar-refractivity contribution in [3.8, 4) is 0 Å². The predicted octanol–water partition coefficient (Wildman–Crippen LogP) is 1.86. The number of rotatable bonds is 3. The van der Waals surface area contributed by atoms with Crippen LogP contribution in [-0.2, 0) is 12.3 Å². The quantitative estimate of drug-likeness (QED) is 0.721. The monoisotopic (exact) mass is 255 g/mol. The molecule has 3 nitrogen and oxygen atoms in total. The summed E-state index contributed by atoms with van der Waals surface area (Å²) in [6.45, 7) is 5.93. The highest BCUT2D eigenvalue weighted by atomic mass is 28.5. The van der Waals surface area contributed by atoms with Gasteiger partial charge in [0, 0.05) is 0 Å². The van der Waals surface area contributed by atoms with Crippen LogP contribution >= 0.6 is 0 Å². The summed E-state index contributed by atoms with van der Waals surface area (Å²) < 4.78 is 17.2. The van der Waals surface area contributed by atoms with Gasteiger partial charge in [-0.3, -0.25) is 0 Å². The van der Waals surface area contributed by atoms with Crippen LogP contribution in [-0.4, -0.2) is 27.9 Å². The van der Waals surface area contributed by atoms with Crippen molar-refractivity contribution in [3.05, 3.63) is 35.3 Å². The molecule has 0 aromatic carbocycles. The second-order valence-electron chi connectivity index (χ2n) is 2.76. The van der Waals surface area contributed by atoms with E-state index in [4.69, 9.17) is 12.3 Å². The SMILES string of the molecule is CC=C[Si]1O[Si](C=CC)O[Si](C=CC)O1. The van der Waals surface area contributed by atoms with Crippen LogP contribution in [0.3, 0.4) is 0 Å². The summed E-state index contributed by atoms with van der Waals surface area (Å²) >= 11 is 0. The Balaban J connectivity index is 2.63. The van der Waals surface area contributed by atoms with Crippen LogP contribution in [0, 0.1) is 0 Å². The molecule has 1 rings (SSSR count). The summed E-state index contributed by atoms with van der Waals surface area (Å²) in [4.78, 5) is 0. The third kappa shape index (κ3) is 4.41. The first-order valence-electron chi connectivity index (χ1n) is 4.82. The zero-order valence-corrected chi connectivity index (χ0v) is 12.2. The Labute approximate surface area is 96.6 Å². The highest BCUT2D eigenvalue weighted by molar-refractivity contribution is 6.78. The molecule has 0 bridgehead atoms. The fraction of sp³-hybridized carbons (Fsp3) is 0.333. The van der Waals surface area contributed by atoms with E-state index in [1.165, 1.54) is 0 Å². The lowest BCUT2D eigenvalue weighted by molar-refractivity contribution is 0.306. The molecule has 1 fully saturated rings. The van der Waals surface area contributed by atoms with Gasteiger partial charge in [-0.15, -0.1) is 0 Å². The first kappa shape index (κ1) is 12.8. The van der Waals surface area contributed by atoms with Crippen LogP contribution < -0.4 is 0 Å². The molecule has 0 spiro atoms. The molecule has 0 aromatic rings. The Hall–Kier alpha value is -0.249. The van der Waals surface area contributed by atoms with Gasteiger partial charge in [-0.05, 0) is 37.9 Å². The first-order valence-corrected chi connectivity index (χ1v) is 9.00. The zero-order chi connectivity index (χ0) is 11.1. The fourth-order valence-corrected chi connectivity index (χ4v) is 7.43. The predicted molar refractivity (Wildman–Crippen MR) is 65.0 cm³/mol. The second kappa shape index (κ2) is 7.10. The average Bonchev–Trinajstić information content (AvgIpc) is 2.19. The van der Waals surface area contributed by atoms with E-state index in [1.807, 2.05) is 56.1 Å². The molecule has 0 saturated carbocycles. The van der Waals surface area contributed by atoms with E-state index < -0.39 is 27.9 Å². The lowest BCUT2D eigenvalue weighted by Gasteiger charge is -2.27. The molecule has 1 heterocycles. The lowest BCUT2D eigenvalue weighted by Crippen LogP contribution is -2.46. The summed E-state index contributed by atoms with van der Waals surface area (Å²) in [5, 5.41) is 0. The molecule has 0 aliphatic carbocycles. The summed E-state index contributed by atoms with van der Waals surface area (Å²) in [5.74, 6) is 0. The second-order valence-corrected chi connectivity index (χ2v) is 8.13. The number of allylic oxidation sites excluding steroid dienone is 3. The average molecular weight is 255 g/mol. The molecule has 81 valence electrons. The highest BCUT2D eigenvalue weighted by Gasteiger charge is 2.34. The fourth-order valence-electron chi connectivity index (χ4n) is 0.972. The van der Waals surface area contributed by atoms with Gasteiger partial charge >= 0.3 is 27.9 Å². The van der Waals surface area contributed by atoms with Crippen molar-refractivity contribution >= 4 is 27.9 Å². The minimum atomic E-state index is -1.26. The minimum absolute atomic E-state index is 1.26. The molecule has 6 heteroatoms. The van der Waals surface area contributed by atoms with Gasteiger partial charge in [0.05, 0.1) is 0 Å². The van der Waals surface area contributed by atoms with Crippen LogP contribution in [0.5, 0.6) is 0 Å². The Bertz CT molecular complexity index is 217. The Morgan fingerprint density at radius 3 is 1.07 bits per heavy atom. The van der Waals surface area contributed by atoms with E-state index in [9.17, 15) is 0 Å². The topological polar surface area (TPSA) is 27.7 Å². The summed E-state index contributed by atoms with van der Waals surface area (Å²) in [5.41, 5.74) is 6.03. The maximum absolute atomic E-state index is 5.72. The van der Waals surface area contributed by atoms with Crippen LogP contribution in [0.2, 0.25) is 0 Å². The molecular formula is C9H15O3Si3. The van der Waals surface area contributed by atoms with Gasteiger partial charge in [0.25, 0.3) is 0 Å². The van der Waals surface area contributed by atoms with E-state index in [0.717, 1.165) is 0 Å². The van der Waals surface area contributed by atoms with Crippen LogP contribution in [0.4, 0.5) is 0 Å². The van der Waals surface area contributed by atoms with Crippen molar-refractivity contribution in [1.82, 2.24) is 0 Å². The Morgan fingerprint density at radius 2 is 0.867 bits per heavy atom.